The zero-order valence-electron chi connectivity index (χ0n) is 15.4. The first-order chi connectivity index (χ1) is 14.1. The molecule has 0 unspecified atom stereocenters. The number of nitrogens with zero attached hydrogens (tertiary/aromatic N) is 2. The molecule has 0 atom stereocenters. The first kappa shape index (κ1) is 18.7. The van der Waals surface area contributed by atoms with Crippen LogP contribution in [0.4, 0.5) is 0 Å². The average Bonchev–Trinajstić information content (AvgIpc) is 3.35. The molecule has 0 aliphatic carbocycles. The Morgan fingerprint density at radius 3 is 2.66 bits per heavy atom. The van der Waals surface area contributed by atoms with Crippen LogP contribution in [0.15, 0.2) is 80.8 Å². The highest BCUT2D eigenvalue weighted by Crippen LogP contribution is 2.25. The van der Waals surface area contributed by atoms with Gasteiger partial charge in [-0.25, -0.2) is 5.43 Å². The van der Waals surface area contributed by atoms with Gasteiger partial charge in [-0.1, -0.05) is 59.2 Å². The van der Waals surface area contributed by atoms with Crippen molar-refractivity contribution < 1.29 is 13.7 Å². The Bertz CT molecular complexity index is 1180. The van der Waals surface area contributed by atoms with Gasteiger partial charge in [0.15, 0.2) is 0 Å². The van der Waals surface area contributed by atoms with Crippen molar-refractivity contribution in [2.24, 2.45) is 5.10 Å². The van der Waals surface area contributed by atoms with E-state index in [4.69, 9.17) is 20.5 Å². The Hall–Kier alpha value is -3.64. The number of rotatable bonds is 5. The van der Waals surface area contributed by atoms with Gasteiger partial charge in [-0.05, 0) is 31.2 Å². The van der Waals surface area contributed by atoms with Crippen molar-refractivity contribution in [3.63, 3.8) is 0 Å². The molecule has 6 nitrogen and oxygen atoms in total. The predicted molar refractivity (Wildman–Crippen MR) is 111 cm³/mol. The highest BCUT2D eigenvalue weighted by Gasteiger charge is 2.21. The molecular formula is C22H16ClN3O3. The summed E-state index contributed by atoms with van der Waals surface area (Å²) in [4.78, 5) is 12.6. The number of halogens is 1. The molecule has 144 valence electrons. The molecule has 2 heterocycles. The summed E-state index contributed by atoms with van der Waals surface area (Å²) in [6, 6.07) is 20.3. The molecule has 0 bridgehead atoms. The number of hydrogen-bond acceptors (Lipinski definition) is 5. The van der Waals surface area contributed by atoms with Gasteiger partial charge in [-0.3, -0.25) is 4.79 Å². The van der Waals surface area contributed by atoms with Gasteiger partial charge in [-0.15, -0.1) is 0 Å². The van der Waals surface area contributed by atoms with Gasteiger partial charge >= 0.3 is 0 Å². The fraction of sp³-hybridized carbons (Fsp3) is 0.0455. The molecule has 2 aromatic heterocycles. The SMILES string of the molecule is Cc1onc(-c2ccccc2)c1C(=O)N/N=C/c1ccc(-c2cccc(Cl)c2)o1. The zero-order valence-corrected chi connectivity index (χ0v) is 16.2. The largest absolute Gasteiger partial charge is 0.455 e. The van der Waals surface area contributed by atoms with Gasteiger partial charge in [0, 0.05) is 16.1 Å². The number of hydrazone groups is 1. The van der Waals surface area contributed by atoms with E-state index >= 15 is 0 Å². The van der Waals surface area contributed by atoms with Crippen molar-refractivity contribution in [2.45, 2.75) is 6.92 Å². The highest BCUT2D eigenvalue weighted by atomic mass is 35.5. The van der Waals surface area contributed by atoms with Crippen molar-refractivity contribution in [1.82, 2.24) is 10.6 Å². The molecule has 4 rings (SSSR count). The lowest BCUT2D eigenvalue weighted by Crippen LogP contribution is -2.18. The molecule has 0 aliphatic rings. The third-order valence-electron chi connectivity index (χ3n) is 4.23. The molecule has 29 heavy (non-hydrogen) atoms. The topological polar surface area (TPSA) is 80.6 Å². The maximum absolute atomic E-state index is 12.6. The molecule has 0 saturated heterocycles. The summed E-state index contributed by atoms with van der Waals surface area (Å²) in [5.41, 5.74) is 4.94. The third kappa shape index (κ3) is 4.12. The van der Waals surface area contributed by atoms with Gasteiger partial charge in [0.05, 0.1) is 6.21 Å². The van der Waals surface area contributed by atoms with Crippen LogP contribution in [0.2, 0.25) is 5.02 Å². The number of hydrogen-bond donors (Lipinski definition) is 1. The van der Waals surface area contributed by atoms with Crippen molar-refractivity contribution in [1.29, 1.82) is 0 Å². The lowest BCUT2D eigenvalue weighted by atomic mass is 10.1. The zero-order chi connectivity index (χ0) is 20.2. The van der Waals surface area contributed by atoms with Crippen molar-refractivity contribution >= 4 is 23.7 Å². The summed E-state index contributed by atoms with van der Waals surface area (Å²) in [7, 11) is 0. The number of carbonyl (C=O) groups is 1. The summed E-state index contributed by atoms with van der Waals surface area (Å²) in [5, 5.41) is 8.61. The minimum absolute atomic E-state index is 0.340. The van der Waals surface area contributed by atoms with E-state index in [9.17, 15) is 4.79 Å². The second kappa shape index (κ2) is 8.16. The molecule has 1 amide bonds. The van der Waals surface area contributed by atoms with Gasteiger partial charge in [0.25, 0.3) is 5.91 Å². The lowest BCUT2D eigenvalue weighted by molar-refractivity contribution is 0.0954. The molecule has 1 N–H and O–H groups in total. The highest BCUT2D eigenvalue weighted by molar-refractivity contribution is 6.30. The van der Waals surface area contributed by atoms with Crippen LogP contribution in [-0.2, 0) is 0 Å². The van der Waals surface area contributed by atoms with Gasteiger partial charge in [0.2, 0.25) is 0 Å². The molecule has 7 heteroatoms. The number of aryl methyl sites for hydroxylation is 1. The maximum Gasteiger partial charge on any atom is 0.277 e. The smallest absolute Gasteiger partial charge is 0.277 e. The van der Waals surface area contributed by atoms with Crippen molar-refractivity contribution in [3.05, 3.63) is 88.8 Å². The van der Waals surface area contributed by atoms with Crippen LogP contribution in [0.3, 0.4) is 0 Å². The number of aromatic nitrogens is 1. The van der Waals surface area contributed by atoms with Crippen LogP contribution in [0.1, 0.15) is 21.9 Å². The quantitative estimate of drug-likeness (QED) is 0.359. The number of benzene rings is 2. The van der Waals surface area contributed by atoms with Crippen LogP contribution in [0.25, 0.3) is 22.6 Å². The van der Waals surface area contributed by atoms with E-state index in [0.717, 1.165) is 11.1 Å². The first-order valence-electron chi connectivity index (χ1n) is 8.82. The number of amides is 1. The monoisotopic (exact) mass is 405 g/mol. The van der Waals surface area contributed by atoms with E-state index in [1.165, 1.54) is 6.21 Å². The number of furan rings is 1. The summed E-state index contributed by atoms with van der Waals surface area (Å²) < 4.78 is 10.9. The van der Waals surface area contributed by atoms with Crippen LogP contribution in [-0.4, -0.2) is 17.3 Å². The summed E-state index contributed by atoms with van der Waals surface area (Å²) >= 11 is 6.01. The summed E-state index contributed by atoms with van der Waals surface area (Å²) in [5.74, 6) is 1.14. The van der Waals surface area contributed by atoms with E-state index < -0.39 is 5.91 Å². The first-order valence-corrected chi connectivity index (χ1v) is 9.20. The Balaban J connectivity index is 1.48. The van der Waals surface area contributed by atoms with E-state index in [1.54, 1.807) is 19.1 Å². The van der Waals surface area contributed by atoms with Crippen molar-refractivity contribution in [2.75, 3.05) is 0 Å². The maximum atomic E-state index is 12.6. The number of carbonyl (C=O) groups excluding carboxylic acids is 1. The van der Waals surface area contributed by atoms with E-state index in [2.05, 4.69) is 15.7 Å². The standard InChI is InChI=1S/C22H16ClN3O3/c1-14-20(21(26-29-14)15-6-3-2-4-7-15)22(27)25-24-13-18-10-11-19(28-18)16-8-5-9-17(23)12-16/h2-13H,1H3,(H,25,27)/b24-13+. The Morgan fingerprint density at radius 1 is 1.07 bits per heavy atom. The van der Waals surface area contributed by atoms with E-state index in [0.29, 0.717) is 33.6 Å². The average molecular weight is 406 g/mol. The van der Waals surface area contributed by atoms with E-state index in [-0.39, 0.29) is 0 Å². The second-order valence-electron chi connectivity index (χ2n) is 6.24. The van der Waals surface area contributed by atoms with Crippen molar-refractivity contribution in [3.8, 4) is 22.6 Å². The molecular weight excluding hydrogens is 390 g/mol. The molecule has 0 radical (unpaired) electrons. The van der Waals surface area contributed by atoms with Gasteiger partial charge < -0.3 is 8.94 Å². The summed E-state index contributed by atoms with van der Waals surface area (Å²) in [6.07, 6.45) is 1.43. The second-order valence-corrected chi connectivity index (χ2v) is 6.68. The lowest BCUT2D eigenvalue weighted by Gasteiger charge is -2.01. The Labute approximate surface area is 171 Å². The van der Waals surface area contributed by atoms with Crippen LogP contribution in [0, 0.1) is 6.92 Å². The molecule has 4 aromatic rings. The molecule has 2 aromatic carbocycles. The third-order valence-corrected chi connectivity index (χ3v) is 4.47. The van der Waals surface area contributed by atoms with E-state index in [1.807, 2.05) is 54.6 Å². The Kier molecular flexibility index (Phi) is 5.27. The Morgan fingerprint density at radius 2 is 1.86 bits per heavy atom. The van der Waals surface area contributed by atoms with Gasteiger partial charge in [0.1, 0.15) is 28.5 Å². The van der Waals surface area contributed by atoms with Gasteiger partial charge in [-0.2, -0.15) is 5.10 Å². The minimum Gasteiger partial charge on any atom is -0.455 e. The molecule has 0 aliphatic heterocycles. The predicted octanol–water partition coefficient (Wildman–Crippen LogP) is 5.33. The molecule has 0 saturated carbocycles. The van der Waals surface area contributed by atoms with Crippen LogP contribution < -0.4 is 5.43 Å². The number of nitrogens with one attached hydrogen (secondary N) is 1. The fourth-order valence-electron chi connectivity index (χ4n) is 2.86. The minimum atomic E-state index is -0.416. The van der Waals surface area contributed by atoms with Crippen LogP contribution in [0.5, 0.6) is 0 Å². The normalized spacial score (nSPS) is 11.1. The molecule has 0 fully saturated rings. The molecule has 0 spiro atoms. The summed E-state index contributed by atoms with van der Waals surface area (Å²) in [6.45, 7) is 1.68. The van der Waals surface area contributed by atoms with Crippen LogP contribution >= 0.6 is 11.6 Å². The fourth-order valence-corrected chi connectivity index (χ4v) is 3.05.